The minimum Gasteiger partial charge on any atom is -0.468 e. The molecule has 0 saturated carbocycles. The lowest BCUT2D eigenvalue weighted by Gasteiger charge is -2.21. The molecule has 0 aromatic heterocycles. The average Bonchev–Trinajstić information content (AvgIpc) is 3.25. The van der Waals surface area contributed by atoms with E-state index < -0.39 is 46.6 Å². The van der Waals surface area contributed by atoms with E-state index in [1.54, 1.807) is 30.3 Å². The molecule has 2 saturated heterocycles. The molecule has 0 radical (unpaired) electrons. The van der Waals surface area contributed by atoms with Gasteiger partial charge >= 0.3 is 5.97 Å². The number of para-hydroxylation sites is 1. The van der Waals surface area contributed by atoms with Crippen LogP contribution in [-0.4, -0.2) is 35.9 Å². The second kappa shape index (κ2) is 7.10. The third kappa shape index (κ3) is 2.95. The Morgan fingerprint density at radius 2 is 1.66 bits per heavy atom. The fourth-order valence-corrected chi connectivity index (χ4v) is 4.09. The summed E-state index contributed by atoms with van der Waals surface area (Å²) in [6.45, 7) is 0. The van der Waals surface area contributed by atoms with Gasteiger partial charge in [0.15, 0.2) is 0 Å². The summed E-state index contributed by atoms with van der Waals surface area (Å²) in [5.74, 6) is -3.28. The quantitative estimate of drug-likeness (QED) is 0.361. The summed E-state index contributed by atoms with van der Waals surface area (Å²) in [6.07, 6.45) is 0. The van der Waals surface area contributed by atoms with Crippen molar-refractivity contribution in [3.05, 3.63) is 70.3 Å². The van der Waals surface area contributed by atoms with Crippen LogP contribution in [0.5, 0.6) is 0 Å². The molecule has 2 amide bonds. The van der Waals surface area contributed by atoms with E-state index in [0.717, 1.165) is 4.90 Å². The highest BCUT2D eigenvalue weighted by Crippen LogP contribution is 2.45. The number of fused-ring (bicyclic) bond motifs is 1. The Balaban J connectivity index is 1.75. The number of methoxy groups -OCH3 is 1. The van der Waals surface area contributed by atoms with E-state index in [1.165, 1.54) is 31.4 Å². The Morgan fingerprint density at radius 3 is 2.24 bits per heavy atom. The molecule has 9 nitrogen and oxygen atoms in total. The Hall–Kier alpha value is -3.59. The van der Waals surface area contributed by atoms with E-state index in [9.17, 15) is 24.5 Å². The standard InChI is InChI=1S/C20H17N3O6/c1-29-20(26)17-15-14(16(21-17)11-7-9-13(10-8-11)23(27)28)18(24)22(19(15)25)12-5-3-2-4-6-12/h2-10,14-17,21H,1H3/t14-,15+,16-,17-/m1/s1. The number of nitrogens with one attached hydrogen (secondary N) is 1. The number of hydrogen-bond acceptors (Lipinski definition) is 7. The van der Waals surface area contributed by atoms with Gasteiger partial charge in [0.25, 0.3) is 5.69 Å². The van der Waals surface area contributed by atoms with Crippen molar-refractivity contribution in [3.63, 3.8) is 0 Å². The van der Waals surface area contributed by atoms with E-state index in [1.807, 2.05) is 0 Å². The Morgan fingerprint density at radius 1 is 1.03 bits per heavy atom. The SMILES string of the molecule is COC(=O)[C@@H]1N[C@H](c2ccc([N+](=O)[O-])cc2)[C@@H]2C(=O)N(c3ccccc3)C(=O)[C@@H]21. The first-order valence-corrected chi connectivity index (χ1v) is 8.95. The van der Waals surface area contributed by atoms with Crippen molar-refractivity contribution in [1.82, 2.24) is 5.32 Å². The Labute approximate surface area is 165 Å². The molecule has 9 heteroatoms. The lowest BCUT2D eigenvalue weighted by atomic mass is 9.86. The van der Waals surface area contributed by atoms with Gasteiger partial charge in [-0.1, -0.05) is 30.3 Å². The van der Waals surface area contributed by atoms with Crippen molar-refractivity contribution in [1.29, 1.82) is 0 Å². The highest BCUT2D eigenvalue weighted by Gasteiger charge is 2.61. The maximum Gasteiger partial charge on any atom is 0.323 e. The number of rotatable bonds is 4. The monoisotopic (exact) mass is 395 g/mol. The van der Waals surface area contributed by atoms with Crippen molar-refractivity contribution < 1.29 is 24.0 Å². The largest absolute Gasteiger partial charge is 0.468 e. The van der Waals surface area contributed by atoms with Crippen molar-refractivity contribution in [2.45, 2.75) is 12.1 Å². The van der Waals surface area contributed by atoms with Crippen molar-refractivity contribution >= 4 is 29.2 Å². The number of carbonyl (C=O) groups excluding carboxylic acids is 3. The van der Waals surface area contributed by atoms with Gasteiger partial charge in [-0.15, -0.1) is 0 Å². The zero-order chi connectivity index (χ0) is 20.7. The van der Waals surface area contributed by atoms with Crippen LogP contribution in [-0.2, 0) is 19.1 Å². The molecule has 4 atom stereocenters. The molecule has 148 valence electrons. The molecule has 0 spiro atoms. The second-order valence-corrected chi connectivity index (χ2v) is 6.89. The van der Waals surface area contributed by atoms with E-state index in [-0.39, 0.29) is 5.69 Å². The van der Waals surface area contributed by atoms with Crippen molar-refractivity contribution in [2.24, 2.45) is 11.8 Å². The lowest BCUT2D eigenvalue weighted by Crippen LogP contribution is -2.43. The fourth-order valence-electron chi connectivity index (χ4n) is 4.09. The highest BCUT2D eigenvalue weighted by atomic mass is 16.6. The summed E-state index contributed by atoms with van der Waals surface area (Å²) < 4.78 is 4.83. The van der Waals surface area contributed by atoms with Crippen LogP contribution < -0.4 is 10.2 Å². The van der Waals surface area contributed by atoms with Gasteiger partial charge < -0.3 is 4.74 Å². The van der Waals surface area contributed by atoms with Crippen LogP contribution in [0.25, 0.3) is 0 Å². The number of non-ortho nitro benzene ring substituents is 1. The molecule has 2 aromatic carbocycles. The lowest BCUT2D eigenvalue weighted by molar-refractivity contribution is -0.384. The Bertz CT molecular complexity index is 991. The number of carbonyl (C=O) groups is 3. The maximum atomic E-state index is 13.2. The molecule has 29 heavy (non-hydrogen) atoms. The first-order valence-electron chi connectivity index (χ1n) is 8.95. The summed E-state index contributed by atoms with van der Waals surface area (Å²) in [7, 11) is 1.22. The number of nitro groups is 1. The van der Waals surface area contributed by atoms with Gasteiger partial charge in [-0.2, -0.15) is 0 Å². The molecule has 2 aliphatic rings. The van der Waals surface area contributed by atoms with Crippen LogP contribution in [0.2, 0.25) is 0 Å². The third-order valence-electron chi connectivity index (χ3n) is 5.41. The number of imide groups is 1. The summed E-state index contributed by atoms with van der Waals surface area (Å²) in [6, 6.07) is 12.6. The van der Waals surface area contributed by atoms with E-state index in [4.69, 9.17) is 4.74 Å². The summed E-state index contributed by atoms with van der Waals surface area (Å²) >= 11 is 0. The van der Waals surface area contributed by atoms with Gasteiger partial charge in [0.05, 0.1) is 29.6 Å². The molecule has 1 N–H and O–H groups in total. The van der Waals surface area contributed by atoms with Crippen LogP contribution in [0.1, 0.15) is 11.6 Å². The zero-order valence-electron chi connectivity index (χ0n) is 15.3. The molecule has 2 heterocycles. The number of esters is 1. The zero-order valence-corrected chi connectivity index (χ0v) is 15.3. The second-order valence-electron chi connectivity index (χ2n) is 6.89. The first-order chi connectivity index (χ1) is 13.9. The summed E-state index contributed by atoms with van der Waals surface area (Å²) in [4.78, 5) is 50.1. The minimum atomic E-state index is -0.990. The number of benzene rings is 2. The predicted molar refractivity (Wildman–Crippen MR) is 101 cm³/mol. The number of hydrogen-bond donors (Lipinski definition) is 1. The molecule has 2 aliphatic heterocycles. The van der Waals surface area contributed by atoms with Crippen LogP contribution in [0, 0.1) is 22.0 Å². The van der Waals surface area contributed by atoms with Crippen molar-refractivity contribution in [2.75, 3.05) is 12.0 Å². The van der Waals surface area contributed by atoms with Gasteiger partial charge in [0.1, 0.15) is 6.04 Å². The summed E-state index contributed by atoms with van der Waals surface area (Å²) in [5, 5.41) is 13.9. The number of ether oxygens (including phenoxy) is 1. The van der Waals surface area contributed by atoms with Crippen LogP contribution in [0.3, 0.4) is 0 Å². The third-order valence-corrected chi connectivity index (χ3v) is 5.41. The van der Waals surface area contributed by atoms with E-state index in [0.29, 0.717) is 11.3 Å². The van der Waals surface area contributed by atoms with Gasteiger partial charge in [0.2, 0.25) is 11.8 Å². The van der Waals surface area contributed by atoms with Gasteiger partial charge in [0, 0.05) is 18.2 Å². The van der Waals surface area contributed by atoms with E-state index >= 15 is 0 Å². The predicted octanol–water partition coefficient (Wildman–Crippen LogP) is 1.59. The smallest absolute Gasteiger partial charge is 0.323 e. The van der Waals surface area contributed by atoms with Crippen LogP contribution in [0.15, 0.2) is 54.6 Å². The fraction of sp³-hybridized carbons (Fsp3) is 0.250. The molecule has 4 rings (SSSR count). The number of nitro benzene ring substituents is 1. The molecule has 0 bridgehead atoms. The van der Waals surface area contributed by atoms with E-state index in [2.05, 4.69) is 5.32 Å². The van der Waals surface area contributed by atoms with Crippen LogP contribution in [0.4, 0.5) is 11.4 Å². The Kier molecular flexibility index (Phi) is 4.59. The normalized spacial score (nSPS) is 25.8. The maximum absolute atomic E-state index is 13.2. The van der Waals surface area contributed by atoms with Gasteiger partial charge in [-0.05, 0) is 17.7 Å². The molecular formula is C20H17N3O6. The van der Waals surface area contributed by atoms with Crippen LogP contribution >= 0.6 is 0 Å². The summed E-state index contributed by atoms with van der Waals surface area (Å²) in [5.41, 5.74) is 0.920. The minimum absolute atomic E-state index is 0.0902. The number of nitrogens with zero attached hydrogens (tertiary/aromatic N) is 2. The number of anilines is 1. The number of amides is 2. The molecular weight excluding hydrogens is 378 g/mol. The molecule has 2 aromatic rings. The van der Waals surface area contributed by atoms with Gasteiger partial charge in [-0.25, -0.2) is 4.90 Å². The van der Waals surface area contributed by atoms with Gasteiger partial charge in [-0.3, -0.25) is 29.8 Å². The average molecular weight is 395 g/mol. The van der Waals surface area contributed by atoms with Crippen molar-refractivity contribution in [3.8, 4) is 0 Å². The molecule has 0 aliphatic carbocycles. The first kappa shape index (κ1) is 18.8. The molecule has 2 fully saturated rings. The molecule has 0 unspecified atom stereocenters. The highest BCUT2D eigenvalue weighted by molar-refractivity contribution is 6.23. The topological polar surface area (TPSA) is 119 Å².